The number of hydrogen-bond donors (Lipinski definition) is 2. The molecule has 0 amide bonds. The molecule has 9 nitrogen and oxygen atoms in total. The molecule has 2 aromatic heterocycles. The van der Waals surface area contributed by atoms with Crippen LogP contribution in [-0.2, 0) is 29.2 Å². The van der Waals surface area contributed by atoms with Crippen LogP contribution in [0.1, 0.15) is 16.9 Å². The molecule has 0 atom stereocenters. The highest BCUT2D eigenvalue weighted by molar-refractivity contribution is 7.90. The molecular weight excluding hydrogens is 597 g/mol. The van der Waals surface area contributed by atoms with Crippen LogP contribution in [0.25, 0.3) is 22.2 Å². The van der Waals surface area contributed by atoms with Gasteiger partial charge < -0.3 is 24.5 Å². The summed E-state index contributed by atoms with van der Waals surface area (Å²) in [6, 6.07) is 19.9. The van der Waals surface area contributed by atoms with Crippen LogP contribution in [0.4, 0.5) is 24.7 Å². The quantitative estimate of drug-likeness (QED) is 0.180. The minimum absolute atomic E-state index is 0.0146. The van der Waals surface area contributed by atoms with Crippen molar-refractivity contribution in [2.45, 2.75) is 19.3 Å². The Hall–Kier alpha value is -4.62. The number of fused-ring (bicyclic) bond motifs is 4. The number of furan rings is 1. The summed E-state index contributed by atoms with van der Waals surface area (Å²) >= 11 is 0. The fraction of sp³-hybridized carbons (Fsp3) is 0.226. The molecule has 2 bridgehead atoms. The summed E-state index contributed by atoms with van der Waals surface area (Å²) in [5, 5.41) is 6.51. The Balaban J connectivity index is 0.000000410. The first kappa shape index (κ1) is 30.8. The maximum atomic E-state index is 13.1. The van der Waals surface area contributed by atoms with Crippen molar-refractivity contribution < 1.29 is 35.5 Å². The van der Waals surface area contributed by atoms with E-state index in [4.69, 9.17) is 13.9 Å². The third kappa shape index (κ3) is 7.85. The van der Waals surface area contributed by atoms with Crippen molar-refractivity contribution in [2.75, 3.05) is 31.0 Å². The first-order valence-electron chi connectivity index (χ1n) is 13.4. The van der Waals surface area contributed by atoms with Crippen molar-refractivity contribution >= 4 is 32.2 Å². The Morgan fingerprint density at radius 3 is 2.41 bits per heavy atom. The molecule has 2 N–H and O–H groups in total. The third-order valence-electron chi connectivity index (χ3n) is 6.61. The van der Waals surface area contributed by atoms with E-state index in [0.29, 0.717) is 46.1 Å². The number of nitrogens with one attached hydrogen (secondary N) is 2. The highest BCUT2D eigenvalue weighted by Crippen LogP contribution is 2.37. The first-order valence-corrected chi connectivity index (χ1v) is 15.5. The smallest absolute Gasteiger partial charge is 0.416 e. The van der Waals surface area contributed by atoms with Crippen molar-refractivity contribution in [1.82, 2.24) is 15.3 Å². The van der Waals surface area contributed by atoms with Crippen molar-refractivity contribution in [3.63, 3.8) is 0 Å². The molecule has 3 aromatic carbocycles. The fourth-order valence-corrected chi connectivity index (χ4v) is 4.91. The Morgan fingerprint density at radius 2 is 1.80 bits per heavy atom. The van der Waals surface area contributed by atoms with Crippen LogP contribution in [0.15, 0.2) is 83.5 Å². The zero-order valence-electron chi connectivity index (χ0n) is 23.8. The van der Waals surface area contributed by atoms with Crippen LogP contribution in [0, 0.1) is 0 Å². The van der Waals surface area contributed by atoms with E-state index in [0.717, 1.165) is 24.5 Å². The van der Waals surface area contributed by atoms with Gasteiger partial charge in [0.2, 0.25) is 0 Å². The lowest BCUT2D eigenvalue weighted by atomic mass is 10.1. The zero-order chi connectivity index (χ0) is 31.3. The molecule has 7 rings (SSSR count). The minimum Gasteiger partial charge on any atom is -0.496 e. The maximum Gasteiger partial charge on any atom is 0.416 e. The van der Waals surface area contributed by atoms with Crippen LogP contribution in [-0.4, -0.2) is 44.0 Å². The van der Waals surface area contributed by atoms with Gasteiger partial charge in [-0.25, -0.2) is 18.4 Å². The molecule has 0 saturated heterocycles. The number of methoxy groups -OCH3 is 1. The number of hydrogen-bond acceptors (Lipinski definition) is 9. The molecule has 0 spiro atoms. The van der Waals surface area contributed by atoms with Gasteiger partial charge in [0.15, 0.2) is 0 Å². The first-order chi connectivity index (χ1) is 21.0. The van der Waals surface area contributed by atoms with E-state index in [9.17, 15) is 21.6 Å². The molecule has 0 aliphatic carbocycles. The number of aromatic nitrogens is 2. The Labute approximate surface area is 252 Å². The van der Waals surface area contributed by atoms with E-state index in [-0.39, 0.29) is 18.0 Å². The normalized spacial score (nSPS) is 12.4. The molecule has 13 heteroatoms. The average molecular weight is 627 g/mol. The lowest BCUT2D eigenvalue weighted by Gasteiger charge is -2.13. The molecule has 0 unspecified atom stereocenters. The predicted octanol–water partition coefficient (Wildman–Crippen LogP) is 6.37. The predicted molar refractivity (Wildman–Crippen MR) is 161 cm³/mol. The average Bonchev–Trinajstić information content (AvgIpc) is 3.48. The maximum absolute atomic E-state index is 13.1. The van der Waals surface area contributed by atoms with Crippen molar-refractivity contribution in [3.05, 3.63) is 96.0 Å². The lowest BCUT2D eigenvalue weighted by molar-refractivity contribution is -0.137. The molecular formula is C31H29F3N4O5S. The van der Waals surface area contributed by atoms with Crippen molar-refractivity contribution in [2.24, 2.45) is 0 Å². The van der Waals surface area contributed by atoms with Gasteiger partial charge >= 0.3 is 6.18 Å². The summed E-state index contributed by atoms with van der Waals surface area (Å²) < 4.78 is 78.5. The van der Waals surface area contributed by atoms with E-state index >= 15 is 0 Å². The summed E-state index contributed by atoms with van der Waals surface area (Å²) in [7, 11) is -1.56. The molecule has 4 heterocycles. The van der Waals surface area contributed by atoms with Gasteiger partial charge in [-0.2, -0.15) is 13.2 Å². The van der Waals surface area contributed by atoms with Gasteiger partial charge in [-0.05, 0) is 54.1 Å². The topological polar surface area (TPSA) is 116 Å². The SMILES string of the molecule is COc1cc2ncnc(Nc3cccc(C(F)(F)F)c3)c2cc1-c1ccc(CNCCS(C)(=O)=O)o1.c1cc2ccc1CO2. The number of alkyl halides is 3. The summed E-state index contributed by atoms with van der Waals surface area (Å²) in [4.78, 5) is 8.48. The highest BCUT2D eigenvalue weighted by atomic mass is 32.2. The van der Waals surface area contributed by atoms with Crippen LogP contribution >= 0.6 is 0 Å². The van der Waals surface area contributed by atoms with Gasteiger partial charge in [0, 0.05) is 29.9 Å². The van der Waals surface area contributed by atoms with Gasteiger partial charge in [0.1, 0.15) is 51.6 Å². The largest absolute Gasteiger partial charge is 0.496 e. The fourth-order valence-electron chi connectivity index (χ4n) is 4.39. The van der Waals surface area contributed by atoms with E-state index in [1.165, 1.54) is 37.4 Å². The summed E-state index contributed by atoms with van der Waals surface area (Å²) in [6.07, 6.45) is -1.99. The molecule has 5 aromatic rings. The number of nitrogens with zero attached hydrogens (tertiary/aromatic N) is 2. The molecule has 2 aliphatic rings. The van der Waals surface area contributed by atoms with E-state index in [1.54, 1.807) is 24.3 Å². The van der Waals surface area contributed by atoms with Gasteiger partial charge in [-0.1, -0.05) is 18.2 Å². The molecule has 0 radical (unpaired) electrons. The number of benzene rings is 3. The van der Waals surface area contributed by atoms with E-state index in [1.807, 2.05) is 12.1 Å². The van der Waals surface area contributed by atoms with Gasteiger partial charge in [-0.3, -0.25) is 0 Å². The van der Waals surface area contributed by atoms with Gasteiger partial charge in [-0.15, -0.1) is 0 Å². The van der Waals surface area contributed by atoms with Crippen LogP contribution < -0.4 is 20.1 Å². The standard InChI is InChI=1S/C24H23F3N4O4S.C7H6O/c1-34-22-12-20-18(11-19(22)21-7-6-17(35-21)13-28-8-9-36(2,32)33)23(30-14-29-20)31-16-5-3-4-15(10-16)24(25,26)27;1-3-7-4-2-6(1)5-8-7/h3-7,10-12,14,28H,8-9,13H2,1-2H3,(H,29,30,31);1-4H,5H2. The van der Waals surface area contributed by atoms with E-state index < -0.39 is 21.6 Å². The van der Waals surface area contributed by atoms with Gasteiger partial charge in [0.05, 0.1) is 36.1 Å². The summed E-state index contributed by atoms with van der Waals surface area (Å²) in [6.45, 7) is 1.38. The van der Waals surface area contributed by atoms with E-state index in [2.05, 4.69) is 32.7 Å². The second-order valence-corrected chi connectivity index (χ2v) is 12.3. The lowest BCUT2D eigenvalue weighted by Crippen LogP contribution is -2.21. The number of halogens is 3. The highest BCUT2D eigenvalue weighted by Gasteiger charge is 2.30. The van der Waals surface area contributed by atoms with Gasteiger partial charge in [0.25, 0.3) is 0 Å². The number of sulfone groups is 1. The van der Waals surface area contributed by atoms with Crippen molar-refractivity contribution in [1.29, 1.82) is 0 Å². The second kappa shape index (κ2) is 12.9. The number of anilines is 2. The second-order valence-electron chi connectivity index (χ2n) is 10.0. The molecule has 230 valence electrons. The number of rotatable bonds is 9. The monoisotopic (exact) mass is 626 g/mol. The number of ether oxygens (including phenoxy) is 2. The minimum atomic E-state index is -4.47. The summed E-state index contributed by atoms with van der Waals surface area (Å²) in [5.41, 5.74) is 1.83. The Kier molecular flexibility index (Phi) is 9.06. The third-order valence-corrected chi connectivity index (χ3v) is 7.56. The van der Waals surface area contributed by atoms with Crippen LogP contribution in [0.2, 0.25) is 0 Å². The molecule has 0 saturated carbocycles. The summed E-state index contributed by atoms with van der Waals surface area (Å²) in [5.74, 6) is 2.88. The zero-order valence-corrected chi connectivity index (χ0v) is 24.6. The molecule has 0 fully saturated rings. The Morgan fingerprint density at radius 1 is 1.00 bits per heavy atom. The molecule has 44 heavy (non-hydrogen) atoms. The van der Waals surface area contributed by atoms with Crippen LogP contribution in [0.5, 0.6) is 11.5 Å². The Bertz CT molecular complexity index is 1840. The molecule has 2 aliphatic heterocycles. The van der Waals surface area contributed by atoms with Crippen molar-refractivity contribution in [3.8, 4) is 22.8 Å². The van der Waals surface area contributed by atoms with Crippen LogP contribution in [0.3, 0.4) is 0 Å².